The lowest BCUT2D eigenvalue weighted by Gasteiger charge is -2.08. The smallest absolute Gasteiger partial charge is 0.161 e. The van der Waals surface area contributed by atoms with Crippen LogP contribution in [0, 0.1) is 0 Å². The Hall–Kier alpha value is -2.61. The van der Waals surface area contributed by atoms with Gasteiger partial charge in [0, 0.05) is 28.2 Å². The van der Waals surface area contributed by atoms with Crippen molar-refractivity contribution in [3.05, 3.63) is 86.8 Å². The van der Waals surface area contributed by atoms with Crippen molar-refractivity contribution in [1.29, 1.82) is 0 Å². The number of benzene rings is 2. The number of nitrogens with zero attached hydrogens (tertiary/aromatic N) is 3. The molecule has 1 N–H and O–H groups in total. The Morgan fingerprint density at radius 3 is 2.73 bits per heavy atom. The number of hydrogen-bond donors (Lipinski definition) is 1. The number of thiophene rings is 1. The van der Waals surface area contributed by atoms with Gasteiger partial charge in [0.1, 0.15) is 11.4 Å². The molecule has 150 valence electrons. The number of phenols is 1. The maximum absolute atomic E-state index is 10.3. The van der Waals surface area contributed by atoms with E-state index in [0.717, 1.165) is 26.3 Å². The Morgan fingerprint density at radius 1 is 1.13 bits per heavy atom. The zero-order valence-corrected chi connectivity index (χ0v) is 18.7. The number of halogens is 2. The van der Waals surface area contributed by atoms with Gasteiger partial charge >= 0.3 is 0 Å². The molecule has 1 aliphatic heterocycles. The second-order valence-corrected chi connectivity index (χ2v) is 9.45. The zero-order valence-electron chi connectivity index (χ0n) is 15.5. The van der Waals surface area contributed by atoms with Crippen molar-refractivity contribution in [3.63, 3.8) is 0 Å². The number of aromatic nitrogens is 2. The van der Waals surface area contributed by atoms with Crippen LogP contribution < -0.4 is 0 Å². The maximum atomic E-state index is 10.3. The fourth-order valence-corrected chi connectivity index (χ4v) is 4.82. The minimum absolute atomic E-state index is 0.173. The maximum Gasteiger partial charge on any atom is 0.161 e. The summed E-state index contributed by atoms with van der Waals surface area (Å²) in [5.41, 5.74) is 4.04. The molecule has 5 nitrogen and oxygen atoms in total. The van der Waals surface area contributed by atoms with Crippen LogP contribution in [-0.4, -0.2) is 20.6 Å². The van der Waals surface area contributed by atoms with E-state index in [1.807, 2.05) is 59.4 Å². The minimum Gasteiger partial charge on any atom is -0.507 e. The van der Waals surface area contributed by atoms with Crippen molar-refractivity contribution in [3.8, 4) is 22.0 Å². The molecule has 1 atom stereocenters. The van der Waals surface area contributed by atoms with Gasteiger partial charge in [0.15, 0.2) is 6.10 Å². The highest BCUT2D eigenvalue weighted by Gasteiger charge is 2.30. The molecule has 0 radical (unpaired) electrons. The lowest BCUT2D eigenvalue weighted by Crippen LogP contribution is -2.02. The molecule has 0 amide bonds. The third kappa shape index (κ3) is 3.64. The van der Waals surface area contributed by atoms with E-state index in [1.54, 1.807) is 12.1 Å². The van der Waals surface area contributed by atoms with Crippen LogP contribution in [0.4, 0.5) is 0 Å². The van der Waals surface area contributed by atoms with Gasteiger partial charge in [-0.05, 0) is 42.5 Å². The first-order chi connectivity index (χ1) is 14.6. The molecule has 1 unspecified atom stereocenters. The standard InChI is InChI=1S/C22H15BrClN3O2S/c23-13-6-7-18(28)15(10-13)17-11-19(29-26-17)16-12-27(14-4-2-1-3-5-14)25-22(16)20-8-9-21(24)30-20/h1-10,12,19,28H,11H2. The van der Waals surface area contributed by atoms with Crippen molar-refractivity contribution >= 4 is 44.6 Å². The Kier molecular flexibility index (Phi) is 5.10. The van der Waals surface area contributed by atoms with Crippen LogP contribution in [0.1, 0.15) is 23.7 Å². The number of oxime groups is 1. The number of aromatic hydroxyl groups is 1. The van der Waals surface area contributed by atoms with E-state index in [0.29, 0.717) is 22.0 Å². The molecule has 30 heavy (non-hydrogen) atoms. The summed E-state index contributed by atoms with van der Waals surface area (Å²) in [6, 6.07) is 19.0. The highest BCUT2D eigenvalue weighted by molar-refractivity contribution is 9.10. The summed E-state index contributed by atoms with van der Waals surface area (Å²) < 4.78 is 3.41. The zero-order chi connectivity index (χ0) is 20.7. The minimum atomic E-state index is -0.313. The second kappa shape index (κ2) is 7.91. The molecule has 4 aromatic rings. The van der Waals surface area contributed by atoms with Crippen molar-refractivity contribution < 1.29 is 9.94 Å². The molecule has 2 aromatic heterocycles. The van der Waals surface area contributed by atoms with Gasteiger partial charge in [-0.2, -0.15) is 5.10 Å². The Morgan fingerprint density at radius 2 is 1.97 bits per heavy atom. The van der Waals surface area contributed by atoms with E-state index >= 15 is 0 Å². The lowest BCUT2D eigenvalue weighted by molar-refractivity contribution is 0.0861. The van der Waals surface area contributed by atoms with Gasteiger partial charge in [-0.15, -0.1) is 11.3 Å². The normalized spacial score (nSPS) is 15.8. The average Bonchev–Trinajstić information content (AvgIpc) is 3.49. The van der Waals surface area contributed by atoms with Gasteiger partial charge in [0.2, 0.25) is 0 Å². The van der Waals surface area contributed by atoms with Crippen LogP contribution in [0.25, 0.3) is 16.3 Å². The van der Waals surface area contributed by atoms with Gasteiger partial charge in [-0.25, -0.2) is 4.68 Å². The monoisotopic (exact) mass is 499 g/mol. The summed E-state index contributed by atoms with van der Waals surface area (Å²) in [5.74, 6) is 0.173. The van der Waals surface area contributed by atoms with Crippen LogP contribution in [0.2, 0.25) is 4.34 Å². The third-order valence-electron chi connectivity index (χ3n) is 4.86. The van der Waals surface area contributed by atoms with Gasteiger partial charge in [-0.1, -0.05) is 50.9 Å². The van der Waals surface area contributed by atoms with Crippen LogP contribution in [-0.2, 0) is 4.84 Å². The molecule has 1 aliphatic rings. The predicted octanol–water partition coefficient (Wildman–Crippen LogP) is 6.59. The van der Waals surface area contributed by atoms with E-state index < -0.39 is 0 Å². The Labute approximate surface area is 190 Å². The molecule has 0 spiro atoms. The summed E-state index contributed by atoms with van der Waals surface area (Å²) in [6.45, 7) is 0. The molecule has 0 bridgehead atoms. The van der Waals surface area contributed by atoms with E-state index in [4.69, 9.17) is 21.5 Å². The molecule has 5 rings (SSSR count). The fraction of sp³-hybridized carbons (Fsp3) is 0.0909. The van der Waals surface area contributed by atoms with Crippen molar-refractivity contribution in [1.82, 2.24) is 9.78 Å². The van der Waals surface area contributed by atoms with Crippen LogP contribution in [0.15, 0.2) is 76.5 Å². The van der Waals surface area contributed by atoms with Crippen molar-refractivity contribution in [2.45, 2.75) is 12.5 Å². The molecular formula is C22H15BrClN3O2S. The first-order valence-electron chi connectivity index (χ1n) is 9.21. The van der Waals surface area contributed by atoms with Gasteiger partial charge in [0.25, 0.3) is 0 Å². The average molecular weight is 501 g/mol. The molecule has 2 aromatic carbocycles. The SMILES string of the molecule is Oc1ccc(Br)cc1C1=NOC(c2cn(-c3ccccc3)nc2-c2ccc(Cl)s2)C1. The van der Waals surface area contributed by atoms with Crippen LogP contribution >= 0.6 is 38.9 Å². The van der Waals surface area contributed by atoms with Crippen LogP contribution in [0.3, 0.4) is 0 Å². The summed E-state index contributed by atoms with van der Waals surface area (Å²) in [5, 5.41) is 19.3. The van der Waals surface area contributed by atoms with Crippen molar-refractivity contribution in [2.24, 2.45) is 5.16 Å². The van der Waals surface area contributed by atoms with E-state index in [2.05, 4.69) is 21.1 Å². The quantitative estimate of drug-likeness (QED) is 0.344. The second-order valence-electron chi connectivity index (χ2n) is 6.81. The summed E-state index contributed by atoms with van der Waals surface area (Å²) in [7, 11) is 0. The highest BCUT2D eigenvalue weighted by atomic mass is 79.9. The topological polar surface area (TPSA) is 59.6 Å². The van der Waals surface area contributed by atoms with E-state index in [1.165, 1.54) is 11.3 Å². The molecular weight excluding hydrogens is 486 g/mol. The van der Waals surface area contributed by atoms with E-state index in [-0.39, 0.29) is 11.9 Å². The summed E-state index contributed by atoms with van der Waals surface area (Å²) >= 11 is 11.1. The Balaban J connectivity index is 1.52. The van der Waals surface area contributed by atoms with Gasteiger partial charge in [0.05, 0.1) is 20.6 Å². The third-order valence-corrected chi connectivity index (χ3v) is 6.59. The van der Waals surface area contributed by atoms with Crippen molar-refractivity contribution in [2.75, 3.05) is 0 Å². The first kappa shape index (κ1) is 19.4. The van der Waals surface area contributed by atoms with Gasteiger partial charge in [-0.3, -0.25) is 0 Å². The molecule has 8 heteroatoms. The number of para-hydroxylation sites is 1. The first-order valence-corrected chi connectivity index (χ1v) is 11.2. The molecule has 0 saturated carbocycles. The largest absolute Gasteiger partial charge is 0.507 e. The predicted molar refractivity (Wildman–Crippen MR) is 123 cm³/mol. The molecule has 3 heterocycles. The number of hydrogen-bond acceptors (Lipinski definition) is 5. The van der Waals surface area contributed by atoms with Crippen LogP contribution in [0.5, 0.6) is 5.75 Å². The Bertz CT molecular complexity index is 1250. The summed E-state index contributed by atoms with van der Waals surface area (Å²) in [4.78, 5) is 6.76. The van der Waals surface area contributed by atoms with E-state index in [9.17, 15) is 5.11 Å². The molecule has 0 aliphatic carbocycles. The molecule has 0 fully saturated rings. The van der Waals surface area contributed by atoms with Gasteiger partial charge < -0.3 is 9.94 Å². The summed E-state index contributed by atoms with van der Waals surface area (Å²) in [6.07, 6.45) is 2.19. The highest BCUT2D eigenvalue weighted by Crippen LogP contribution is 2.40. The number of phenolic OH excluding ortho intramolecular Hbond substituents is 1. The lowest BCUT2D eigenvalue weighted by atomic mass is 9.99. The molecule has 0 saturated heterocycles. The fourth-order valence-electron chi connectivity index (χ4n) is 3.41. The number of rotatable bonds is 4.